The second-order valence-electron chi connectivity index (χ2n) is 7.61. The molecule has 1 aliphatic heterocycles. The van der Waals surface area contributed by atoms with E-state index in [2.05, 4.69) is 15.4 Å². The number of hydrogen-bond acceptors (Lipinski definition) is 8. The molecule has 0 atom stereocenters. The van der Waals surface area contributed by atoms with Gasteiger partial charge in [-0.1, -0.05) is 0 Å². The van der Waals surface area contributed by atoms with Crippen molar-refractivity contribution in [3.8, 4) is 5.75 Å². The van der Waals surface area contributed by atoms with Gasteiger partial charge < -0.3 is 24.8 Å². The number of halogens is 4. The lowest BCUT2D eigenvalue weighted by molar-refractivity contribution is -0.138. The molecule has 0 aromatic heterocycles. The molecule has 0 saturated heterocycles. The molecule has 0 spiro atoms. The van der Waals surface area contributed by atoms with Gasteiger partial charge in [0, 0.05) is 50.7 Å². The molecule has 2 N–H and O–H groups in total. The van der Waals surface area contributed by atoms with Crippen molar-refractivity contribution < 1.29 is 55.7 Å². The first-order valence-corrected chi connectivity index (χ1v) is 11.4. The highest BCUT2D eigenvalue weighted by molar-refractivity contribution is 6.13. The predicted octanol–water partition coefficient (Wildman–Crippen LogP) is 0.509. The van der Waals surface area contributed by atoms with Crippen molar-refractivity contribution in [2.45, 2.75) is 19.3 Å². The Labute approximate surface area is 214 Å². The Balaban J connectivity index is 1.44. The maximum Gasteiger partial charge on any atom is 0.313 e. The zero-order valence-electron chi connectivity index (χ0n) is 20.0. The first-order chi connectivity index (χ1) is 18.1. The van der Waals surface area contributed by atoms with E-state index in [0.29, 0.717) is 0 Å². The van der Waals surface area contributed by atoms with E-state index < -0.39 is 53.2 Å². The van der Waals surface area contributed by atoms with Crippen molar-refractivity contribution in [2.75, 3.05) is 46.1 Å². The number of carbonyl (C=O) groups excluding carboxylic acids is 5. The van der Waals surface area contributed by atoms with Crippen molar-refractivity contribution >= 4 is 29.6 Å². The molecule has 15 heteroatoms. The highest BCUT2D eigenvalue weighted by Crippen LogP contribution is 2.26. The lowest BCUT2D eigenvalue weighted by Gasteiger charge is -2.13. The average molecular weight is 547 g/mol. The first-order valence-electron chi connectivity index (χ1n) is 11.4. The molecule has 0 aliphatic carbocycles. The van der Waals surface area contributed by atoms with Gasteiger partial charge in [-0.3, -0.25) is 28.9 Å². The Morgan fingerprint density at radius 1 is 0.737 bits per heavy atom. The van der Waals surface area contributed by atoms with E-state index in [1.54, 1.807) is 0 Å². The first kappa shape index (κ1) is 30.4. The van der Waals surface area contributed by atoms with Crippen molar-refractivity contribution in [3.05, 3.63) is 41.5 Å². The molecule has 2 rings (SSSR count). The molecular formula is C23H25F4N3O8. The summed E-state index contributed by atoms with van der Waals surface area (Å²) >= 11 is 0. The second-order valence-corrected chi connectivity index (χ2v) is 7.61. The molecular weight excluding hydrogens is 522 g/mol. The molecule has 0 fully saturated rings. The molecule has 0 unspecified atom stereocenters. The quantitative estimate of drug-likeness (QED) is 0.0762. The summed E-state index contributed by atoms with van der Waals surface area (Å²) in [5.41, 5.74) is 0. The number of esters is 1. The normalized spacial score (nSPS) is 12.7. The third-order valence-corrected chi connectivity index (χ3v) is 4.81. The summed E-state index contributed by atoms with van der Waals surface area (Å²) in [6.07, 6.45) is 1.77. The van der Waals surface area contributed by atoms with Gasteiger partial charge in [0.25, 0.3) is 11.8 Å². The van der Waals surface area contributed by atoms with Crippen LogP contribution in [0.15, 0.2) is 18.2 Å². The molecule has 11 nitrogen and oxygen atoms in total. The predicted molar refractivity (Wildman–Crippen MR) is 119 cm³/mol. The molecule has 0 radical (unpaired) electrons. The Morgan fingerprint density at radius 3 is 1.79 bits per heavy atom. The molecule has 1 aromatic carbocycles. The standard InChI is InChI=1S/C23H25F4N3O8/c24-14-13-15(25)22(27)23(21(14)26)38-20(35)5-10-37-12-7-29-17(32)4-9-36-11-6-28-16(31)3-8-30-18(33)1-2-19(30)34/h1-2,13H,3-12H2,(H,28,31)(H,29,32). The van der Waals surface area contributed by atoms with E-state index in [0.717, 1.165) is 17.1 Å². The fourth-order valence-corrected chi connectivity index (χ4v) is 2.90. The number of carbonyl (C=O) groups is 5. The van der Waals surface area contributed by atoms with Gasteiger partial charge in [0.1, 0.15) is 0 Å². The van der Waals surface area contributed by atoms with E-state index in [4.69, 9.17) is 9.47 Å². The number of hydrogen-bond donors (Lipinski definition) is 2. The van der Waals surface area contributed by atoms with Crippen molar-refractivity contribution in [1.82, 2.24) is 15.5 Å². The summed E-state index contributed by atoms with van der Waals surface area (Å²) < 4.78 is 67.8. The Bertz CT molecular complexity index is 1040. The Hall–Kier alpha value is -3.85. The molecule has 1 heterocycles. The highest BCUT2D eigenvalue weighted by atomic mass is 19.2. The number of ether oxygens (including phenoxy) is 3. The SMILES string of the molecule is O=C(CCOCCNC(=O)CCN1C(=O)C=CC1=O)NCCOCCC(=O)Oc1c(F)c(F)cc(F)c1F. The van der Waals surface area contributed by atoms with Crippen LogP contribution in [0.1, 0.15) is 19.3 Å². The highest BCUT2D eigenvalue weighted by Gasteiger charge is 2.24. The summed E-state index contributed by atoms with van der Waals surface area (Å²) in [4.78, 5) is 58.8. The van der Waals surface area contributed by atoms with Crippen molar-refractivity contribution in [1.29, 1.82) is 0 Å². The fourth-order valence-electron chi connectivity index (χ4n) is 2.90. The zero-order chi connectivity index (χ0) is 28.1. The van der Waals surface area contributed by atoms with Crippen LogP contribution in [0.3, 0.4) is 0 Å². The molecule has 1 aromatic rings. The van der Waals surface area contributed by atoms with Gasteiger partial charge in [-0.05, 0) is 0 Å². The molecule has 38 heavy (non-hydrogen) atoms. The van der Waals surface area contributed by atoms with Gasteiger partial charge in [-0.2, -0.15) is 8.78 Å². The number of benzene rings is 1. The van der Waals surface area contributed by atoms with E-state index in [9.17, 15) is 41.5 Å². The molecule has 0 saturated carbocycles. The molecule has 1 aliphatic rings. The van der Waals surface area contributed by atoms with Crippen LogP contribution >= 0.6 is 0 Å². The van der Waals surface area contributed by atoms with Gasteiger partial charge >= 0.3 is 5.97 Å². The second kappa shape index (κ2) is 15.4. The lowest BCUT2D eigenvalue weighted by atomic mass is 10.3. The fraction of sp³-hybridized carbons (Fsp3) is 0.435. The number of amides is 4. The van der Waals surface area contributed by atoms with Gasteiger partial charge in [0.2, 0.25) is 29.2 Å². The minimum Gasteiger partial charge on any atom is -0.420 e. The number of rotatable bonds is 16. The van der Waals surface area contributed by atoms with E-state index in [-0.39, 0.29) is 76.8 Å². The smallest absolute Gasteiger partial charge is 0.313 e. The number of imide groups is 1. The van der Waals surface area contributed by atoms with Crippen LogP contribution in [-0.2, 0) is 33.4 Å². The van der Waals surface area contributed by atoms with E-state index in [1.807, 2.05) is 0 Å². The van der Waals surface area contributed by atoms with Crippen LogP contribution in [0.2, 0.25) is 0 Å². The van der Waals surface area contributed by atoms with Gasteiger partial charge in [0.05, 0.1) is 32.8 Å². The Kier molecular flexibility index (Phi) is 12.3. The number of nitrogens with one attached hydrogen (secondary N) is 2. The van der Waals surface area contributed by atoms with E-state index >= 15 is 0 Å². The third kappa shape index (κ3) is 9.89. The summed E-state index contributed by atoms with van der Waals surface area (Å²) in [5.74, 6) is -11.4. The van der Waals surface area contributed by atoms with Crippen LogP contribution in [0.5, 0.6) is 5.75 Å². The lowest BCUT2D eigenvalue weighted by Crippen LogP contribution is -2.35. The van der Waals surface area contributed by atoms with Crippen LogP contribution in [-0.4, -0.2) is 80.6 Å². The molecule has 0 bridgehead atoms. The summed E-state index contributed by atoms with van der Waals surface area (Å²) in [5, 5.41) is 5.08. The van der Waals surface area contributed by atoms with Crippen LogP contribution in [0.25, 0.3) is 0 Å². The topological polar surface area (TPSA) is 140 Å². The van der Waals surface area contributed by atoms with Crippen LogP contribution < -0.4 is 15.4 Å². The summed E-state index contributed by atoms with van der Waals surface area (Å²) in [6, 6.07) is -0.0153. The summed E-state index contributed by atoms with van der Waals surface area (Å²) in [6.45, 7) is 0.188. The number of nitrogens with zero attached hydrogens (tertiary/aromatic N) is 1. The minimum atomic E-state index is -1.84. The van der Waals surface area contributed by atoms with Gasteiger partial charge in [0.15, 0.2) is 11.6 Å². The van der Waals surface area contributed by atoms with Crippen LogP contribution in [0, 0.1) is 23.3 Å². The van der Waals surface area contributed by atoms with Gasteiger partial charge in [-0.15, -0.1) is 0 Å². The van der Waals surface area contributed by atoms with Crippen molar-refractivity contribution in [3.63, 3.8) is 0 Å². The maximum absolute atomic E-state index is 13.5. The monoisotopic (exact) mass is 547 g/mol. The van der Waals surface area contributed by atoms with E-state index in [1.165, 1.54) is 0 Å². The summed E-state index contributed by atoms with van der Waals surface area (Å²) in [7, 11) is 0. The van der Waals surface area contributed by atoms with Crippen LogP contribution in [0.4, 0.5) is 17.6 Å². The molecule has 4 amide bonds. The molecule has 208 valence electrons. The van der Waals surface area contributed by atoms with Crippen molar-refractivity contribution in [2.24, 2.45) is 0 Å². The third-order valence-electron chi connectivity index (χ3n) is 4.81. The zero-order valence-corrected chi connectivity index (χ0v) is 20.0. The maximum atomic E-state index is 13.5. The average Bonchev–Trinajstić information content (AvgIpc) is 3.20. The largest absolute Gasteiger partial charge is 0.420 e. The Morgan fingerprint density at radius 2 is 1.24 bits per heavy atom. The van der Waals surface area contributed by atoms with Gasteiger partial charge in [-0.25, -0.2) is 8.78 Å². The minimum absolute atomic E-state index is 0.00604.